The molecule has 0 amide bonds. The van der Waals surface area contributed by atoms with Crippen molar-refractivity contribution in [1.82, 2.24) is 9.66 Å². The van der Waals surface area contributed by atoms with E-state index < -0.39 is 0 Å². The Hall–Kier alpha value is -3.65. The van der Waals surface area contributed by atoms with E-state index in [-0.39, 0.29) is 17.8 Å². The van der Waals surface area contributed by atoms with Gasteiger partial charge in [-0.3, -0.25) is 4.79 Å². The van der Waals surface area contributed by atoms with Gasteiger partial charge in [0.15, 0.2) is 11.5 Å². The Balaban J connectivity index is 1.42. The Kier molecular flexibility index (Phi) is 6.06. The van der Waals surface area contributed by atoms with Gasteiger partial charge in [0.2, 0.25) is 6.79 Å². The van der Waals surface area contributed by atoms with Gasteiger partial charge in [0.05, 0.1) is 17.1 Å². The highest BCUT2D eigenvalue weighted by Gasteiger charge is 2.23. The number of fused-ring (bicyclic) bond motifs is 2. The van der Waals surface area contributed by atoms with E-state index in [0.717, 1.165) is 27.1 Å². The van der Waals surface area contributed by atoms with Crippen molar-refractivity contribution < 1.29 is 14.2 Å². The van der Waals surface area contributed by atoms with E-state index in [1.165, 1.54) is 4.68 Å². The van der Waals surface area contributed by atoms with Gasteiger partial charge in [0.1, 0.15) is 18.2 Å². The van der Waals surface area contributed by atoms with Crippen LogP contribution in [0.2, 0.25) is 0 Å². The lowest BCUT2D eigenvalue weighted by molar-refractivity contribution is 0.174. The van der Waals surface area contributed by atoms with Gasteiger partial charge in [-0.05, 0) is 53.6 Å². The number of nitrogens with zero attached hydrogens (tertiary/aromatic N) is 3. The van der Waals surface area contributed by atoms with Gasteiger partial charge in [0.25, 0.3) is 5.56 Å². The van der Waals surface area contributed by atoms with Crippen molar-refractivity contribution in [2.24, 2.45) is 5.10 Å². The largest absolute Gasteiger partial charge is 0.489 e. The van der Waals surface area contributed by atoms with E-state index in [1.807, 2.05) is 75.4 Å². The quantitative estimate of drug-likeness (QED) is 0.310. The number of hydrogen-bond donors (Lipinski definition) is 0. The molecule has 0 saturated heterocycles. The van der Waals surface area contributed by atoms with Crippen molar-refractivity contribution in [3.8, 4) is 17.2 Å². The van der Waals surface area contributed by atoms with Gasteiger partial charge in [-0.15, -0.1) is 0 Å². The van der Waals surface area contributed by atoms with Gasteiger partial charge in [-0.2, -0.15) is 9.78 Å². The molecule has 0 radical (unpaired) electrons. The van der Waals surface area contributed by atoms with E-state index in [9.17, 15) is 4.79 Å². The molecule has 7 nitrogen and oxygen atoms in total. The minimum atomic E-state index is -0.382. The predicted molar refractivity (Wildman–Crippen MR) is 139 cm³/mol. The molecule has 1 aliphatic rings. The van der Waals surface area contributed by atoms with Crippen LogP contribution in [0.15, 0.2) is 75.0 Å². The van der Waals surface area contributed by atoms with Crippen LogP contribution in [0.1, 0.15) is 37.7 Å². The number of ether oxygens (including phenoxy) is 3. The lowest BCUT2D eigenvalue weighted by Crippen LogP contribution is -2.29. The summed E-state index contributed by atoms with van der Waals surface area (Å²) in [6.07, 6.45) is 1.65. The van der Waals surface area contributed by atoms with Crippen LogP contribution in [-0.2, 0) is 12.0 Å². The van der Waals surface area contributed by atoms with Crippen LogP contribution in [0.25, 0.3) is 10.9 Å². The second-order valence-corrected chi connectivity index (χ2v) is 10.2. The molecule has 4 aromatic rings. The molecule has 35 heavy (non-hydrogen) atoms. The highest BCUT2D eigenvalue weighted by molar-refractivity contribution is 9.10. The van der Waals surface area contributed by atoms with Gasteiger partial charge < -0.3 is 14.2 Å². The average molecular weight is 534 g/mol. The molecule has 0 N–H and O–H groups in total. The van der Waals surface area contributed by atoms with Crippen LogP contribution in [0.3, 0.4) is 0 Å². The predicted octanol–water partition coefficient (Wildman–Crippen LogP) is 5.65. The normalized spacial score (nSPS) is 13.0. The monoisotopic (exact) mass is 533 g/mol. The SMILES string of the molecule is CC(C)(C)c1nc2ccc(Br)cc2c(=O)n1N=Cc1cccc(OCc2ccc3c(c2)OCO3)c1. The van der Waals surface area contributed by atoms with Crippen molar-refractivity contribution in [2.75, 3.05) is 6.79 Å². The summed E-state index contributed by atoms with van der Waals surface area (Å²) in [4.78, 5) is 18.1. The minimum absolute atomic E-state index is 0.215. The zero-order valence-electron chi connectivity index (χ0n) is 19.6. The molecule has 3 aromatic carbocycles. The van der Waals surface area contributed by atoms with Gasteiger partial charge >= 0.3 is 0 Å². The third-order valence-corrected chi connectivity index (χ3v) is 6.00. The molecule has 0 atom stereocenters. The molecule has 2 heterocycles. The molecule has 1 aromatic heterocycles. The second kappa shape index (κ2) is 9.19. The van der Waals surface area contributed by atoms with Crippen LogP contribution in [0, 0.1) is 0 Å². The number of rotatable bonds is 5. The highest BCUT2D eigenvalue weighted by atomic mass is 79.9. The fraction of sp³-hybridized carbons (Fsp3) is 0.222. The first-order valence-electron chi connectivity index (χ1n) is 11.2. The van der Waals surface area contributed by atoms with Crippen molar-refractivity contribution in [2.45, 2.75) is 32.8 Å². The summed E-state index contributed by atoms with van der Waals surface area (Å²) in [7, 11) is 0. The van der Waals surface area contributed by atoms with E-state index >= 15 is 0 Å². The number of hydrogen-bond acceptors (Lipinski definition) is 6. The first-order valence-corrected chi connectivity index (χ1v) is 12.0. The molecule has 0 aliphatic carbocycles. The maximum absolute atomic E-state index is 13.3. The van der Waals surface area contributed by atoms with Crippen molar-refractivity contribution in [3.05, 3.63) is 92.4 Å². The van der Waals surface area contributed by atoms with Crippen LogP contribution in [0.4, 0.5) is 0 Å². The molecule has 0 saturated carbocycles. The summed E-state index contributed by atoms with van der Waals surface area (Å²) in [5.74, 6) is 2.75. The Bertz CT molecular complexity index is 1510. The molecule has 0 spiro atoms. The van der Waals surface area contributed by atoms with Gasteiger partial charge in [-0.1, -0.05) is 54.9 Å². The van der Waals surface area contributed by atoms with Gasteiger partial charge in [-0.25, -0.2) is 4.98 Å². The number of aromatic nitrogens is 2. The minimum Gasteiger partial charge on any atom is -0.489 e. The van der Waals surface area contributed by atoms with Crippen LogP contribution < -0.4 is 19.8 Å². The summed E-state index contributed by atoms with van der Waals surface area (Å²) >= 11 is 3.44. The van der Waals surface area contributed by atoms with E-state index in [0.29, 0.717) is 29.1 Å². The molecule has 0 fully saturated rings. The summed E-state index contributed by atoms with van der Waals surface area (Å²) in [6, 6.07) is 18.8. The Morgan fingerprint density at radius 2 is 1.91 bits per heavy atom. The third kappa shape index (κ3) is 4.93. The van der Waals surface area contributed by atoms with E-state index in [4.69, 9.17) is 19.2 Å². The zero-order valence-corrected chi connectivity index (χ0v) is 21.2. The summed E-state index contributed by atoms with van der Waals surface area (Å²) in [5, 5.41) is 5.04. The highest BCUT2D eigenvalue weighted by Crippen LogP contribution is 2.32. The Morgan fingerprint density at radius 3 is 2.74 bits per heavy atom. The average Bonchev–Trinajstić information content (AvgIpc) is 3.30. The van der Waals surface area contributed by atoms with Gasteiger partial charge in [0, 0.05) is 9.89 Å². The van der Waals surface area contributed by atoms with Crippen LogP contribution >= 0.6 is 15.9 Å². The first kappa shape index (κ1) is 23.1. The third-order valence-electron chi connectivity index (χ3n) is 5.50. The summed E-state index contributed by atoms with van der Waals surface area (Å²) in [5.41, 5.74) is 1.83. The topological polar surface area (TPSA) is 74.9 Å². The lowest BCUT2D eigenvalue weighted by Gasteiger charge is -2.20. The van der Waals surface area contributed by atoms with Crippen molar-refractivity contribution in [3.63, 3.8) is 0 Å². The molecule has 5 rings (SSSR count). The standard InChI is InChI=1S/C27H24BrN3O4/c1-27(2,3)26-30-22-9-8-19(28)13-21(22)25(32)31(26)29-14-17-5-4-6-20(11-17)33-15-18-7-10-23-24(12-18)35-16-34-23/h4-14H,15-16H2,1-3H3. The zero-order chi connectivity index (χ0) is 24.6. The fourth-order valence-electron chi connectivity index (χ4n) is 3.75. The van der Waals surface area contributed by atoms with E-state index in [1.54, 1.807) is 12.3 Å². The molecule has 8 heteroatoms. The smallest absolute Gasteiger partial charge is 0.282 e. The molecular weight excluding hydrogens is 510 g/mol. The van der Waals surface area contributed by atoms with Crippen molar-refractivity contribution >= 4 is 33.0 Å². The molecular formula is C27H24BrN3O4. The Labute approximate surface area is 211 Å². The molecule has 178 valence electrons. The Morgan fingerprint density at radius 1 is 1.09 bits per heavy atom. The van der Waals surface area contributed by atoms with Crippen LogP contribution in [-0.4, -0.2) is 22.7 Å². The molecule has 0 bridgehead atoms. The fourth-order valence-corrected chi connectivity index (χ4v) is 4.11. The molecule has 1 aliphatic heterocycles. The number of halogens is 1. The lowest BCUT2D eigenvalue weighted by atomic mass is 9.95. The first-order chi connectivity index (χ1) is 16.8. The van der Waals surface area contributed by atoms with Crippen molar-refractivity contribution in [1.29, 1.82) is 0 Å². The maximum atomic E-state index is 13.3. The van der Waals surface area contributed by atoms with E-state index in [2.05, 4.69) is 21.0 Å². The number of benzene rings is 3. The molecule has 0 unspecified atom stereocenters. The summed E-state index contributed by atoms with van der Waals surface area (Å²) < 4.78 is 19.0. The van der Waals surface area contributed by atoms with Crippen LogP contribution in [0.5, 0.6) is 17.2 Å². The second-order valence-electron chi connectivity index (χ2n) is 9.26. The maximum Gasteiger partial charge on any atom is 0.282 e. The summed E-state index contributed by atoms with van der Waals surface area (Å²) in [6.45, 7) is 6.65.